The molecule has 2 nitrogen and oxygen atoms in total. The molecule has 2 aromatic rings. The molecule has 20 heavy (non-hydrogen) atoms. The first-order valence-electron chi connectivity index (χ1n) is 5.43. The Morgan fingerprint density at radius 1 is 0.950 bits per heavy atom. The van der Waals surface area contributed by atoms with E-state index in [0.717, 1.165) is 0 Å². The number of hydrogen-bond donors (Lipinski definition) is 0. The van der Waals surface area contributed by atoms with E-state index in [1.807, 2.05) is 30.3 Å². The van der Waals surface area contributed by atoms with E-state index < -0.39 is 24.2 Å². The minimum atomic E-state index is -4.93. The second-order valence-corrected chi connectivity index (χ2v) is 3.66. The van der Waals surface area contributed by atoms with Crippen molar-refractivity contribution in [3.63, 3.8) is 0 Å². The van der Waals surface area contributed by atoms with Gasteiger partial charge in [-0.25, -0.2) is 12.1 Å². The van der Waals surface area contributed by atoms with E-state index in [9.17, 15) is 22.8 Å². The maximum Gasteiger partial charge on any atom is 0.450 e. The van der Waals surface area contributed by atoms with Crippen LogP contribution in [0.4, 0.5) is 13.2 Å². The van der Waals surface area contributed by atoms with Gasteiger partial charge in [0.05, 0.1) is 6.42 Å². The number of Topliss-reactive ketones (excluding diaryl/α,β-unsaturated/α-hetero) is 2. The van der Waals surface area contributed by atoms with Crippen LogP contribution in [0.5, 0.6) is 0 Å². The molecule has 0 saturated heterocycles. The van der Waals surface area contributed by atoms with Crippen molar-refractivity contribution < 1.29 is 42.6 Å². The van der Waals surface area contributed by atoms with Crippen molar-refractivity contribution in [2.75, 3.05) is 0 Å². The first-order valence-corrected chi connectivity index (χ1v) is 5.43. The quantitative estimate of drug-likeness (QED) is 0.401. The van der Waals surface area contributed by atoms with Crippen LogP contribution in [0.1, 0.15) is 16.8 Å². The fraction of sp³-hybridized carbons (Fsp3) is 0.143. The fourth-order valence-electron chi connectivity index (χ4n) is 1.23. The molecular weight excluding hydrogens is 447 g/mol. The van der Waals surface area contributed by atoms with Gasteiger partial charge in [-0.2, -0.15) is 25.3 Å². The summed E-state index contributed by atoms with van der Waals surface area (Å²) in [4.78, 5) is 21.5. The number of carbonyl (C=O) groups excluding carboxylic acids is 2. The van der Waals surface area contributed by atoms with Gasteiger partial charge >= 0.3 is 6.18 Å². The van der Waals surface area contributed by atoms with Gasteiger partial charge in [-0.3, -0.25) is 4.79 Å². The largest absolute Gasteiger partial charge is 0.748 e. The molecule has 0 atom stereocenters. The van der Waals surface area contributed by atoms with E-state index in [-0.39, 0.29) is 25.4 Å². The molecule has 0 unspecified atom stereocenters. The van der Waals surface area contributed by atoms with E-state index in [0.29, 0.717) is 0 Å². The summed E-state index contributed by atoms with van der Waals surface area (Å²) >= 11 is 0. The monoisotopic (exact) mass is 460 g/mol. The minimum absolute atomic E-state index is 0. The van der Waals surface area contributed by atoms with Crippen molar-refractivity contribution in [2.45, 2.75) is 12.6 Å². The Morgan fingerprint density at radius 3 is 1.70 bits per heavy atom. The summed E-state index contributed by atoms with van der Waals surface area (Å²) in [6.45, 7) is 0. The van der Waals surface area contributed by atoms with Crippen LogP contribution in [-0.2, 0) is 24.6 Å². The number of rotatable bonds is 3. The van der Waals surface area contributed by atoms with Gasteiger partial charge in [0.25, 0.3) is 0 Å². The summed E-state index contributed by atoms with van der Waals surface area (Å²) in [7, 11) is 0. The molecule has 0 heterocycles. The maximum absolute atomic E-state index is 11.7. The van der Waals surface area contributed by atoms with E-state index in [1.165, 1.54) is 24.3 Å². The molecule has 0 amide bonds. The van der Waals surface area contributed by atoms with Crippen LogP contribution >= 0.6 is 0 Å². The molecule has 2 aromatic carbocycles. The van der Waals surface area contributed by atoms with Crippen LogP contribution in [0, 0.1) is 0 Å². The van der Waals surface area contributed by atoms with Gasteiger partial charge in [0, 0.05) is 19.8 Å². The number of alkyl halides is 3. The van der Waals surface area contributed by atoms with Gasteiger partial charge in [-0.1, -0.05) is 5.56 Å². The molecule has 114 valence electrons. The topological polar surface area (TPSA) is 34.1 Å². The minimum Gasteiger partial charge on any atom is -0.748 e. The van der Waals surface area contributed by atoms with Crippen molar-refractivity contribution in [2.24, 2.45) is 0 Å². The third-order valence-electron chi connectivity index (χ3n) is 2.18. The normalized spacial score (nSPS) is 9.95. The average molecular weight is 458 g/mol. The summed E-state index contributed by atoms with van der Waals surface area (Å²) in [5.74, 6) is -2.82. The molecule has 0 N–H and O–H groups in total. The van der Waals surface area contributed by atoms with Crippen molar-refractivity contribution in [3.05, 3.63) is 60.2 Å². The van der Waals surface area contributed by atoms with Crippen LogP contribution in [0.2, 0.25) is 0 Å². The van der Waals surface area contributed by atoms with E-state index in [2.05, 4.69) is 0 Å². The first kappa shape index (κ1) is 18.5. The molecule has 0 fully saturated rings. The summed E-state index contributed by atoms with van der Waals surface area (Å²) in [6, 6.07) is 15.8. The second kappa shape index (κ2) is 8.60. The molecule has 0 radical (unpaired) electrons. The van der Waals surface area contributed by atoms with Crippen molar-refractivity contribution in [1.82, 2.24) is 0 Å². The van der Waals surface area contributed by atoms with Crippen LogP contribution in [0.15, 0.2) is 54.6 Å². The van der Waals surface area contributed by atoms with Crippen LogP contribution in [0.25, 0.3) is 0 Å². The Labute approximate surface area is 127 Å². The Kier molecular flexibility index (Phi) is 7.94. The van der Waals surface area contributed by atoms with Crippen molar-refractivity contribution >= 4 is 11.6 Å². The summed E-state index contributed by atoms with van der Waals surface area (Å²) in [5.41, 5.74) is 0.127. The number of carbonyl (C=O) groups is 2. The van der Waals surface area contributed by atoms with Gasteiger partial charge in [-0.15, -0.1) is 0 Å². The molecule has 0 aromatic heterocycles. The average Bonchev–Trinajstić information content (AvgIpc) is 3.04. The maximum atomic E-state index is 11.7. The van der Waals surface area contributed by atoms with Crippen LogP contribution < -0.4 is 0 Å². The molecule has 0 spiro atoms. The molecule has 6 heteroatoms. The van der Waals surface area contributed by atoms with Gasteiger partial charge in [0.1, 0.15) is 5.78 Å². The Morgan fingerprint density at radius 2 is 1.35 bits per heavy atom. The molecule has 0 aliphatic heterocycles. The summed E-state index contributed by atoms with van der Waals surface area (Å²) in [5, 5.41) is 0. The standard InChI is InChI=1S/C9H6F3O2.C5H5.Os/c10-9(11,12)8(14)5-7(13)6-3-1-2-4-6;1-2-4-5-3-1;/h1-4H,5H2;1-5H;/q-1;-5;. The fourth-order valence-corrected chi connectivity index (χ4v) is 1.23. The van der Waals surface area contributed by atoms with Crippen LogP contribution in [-0.4, -0.2) is 17.7 Å². The third kappa shape index (κ3) is 6.58. The first-order chi connectivity index (χ1) is 8.91. The summed E-state index contributed by atoms with van der Waals surface area (Å²) in [6.07, 6.45) is -6.05. The van der Waals surface area contributed by atoms with Gasteiger partial charge in [-0.05, 0) is 0 Å². The van der Waals surface area contributed by atoms with Crippen molar-refractivity contribution in [1.29, 1.82) is 0 Å². The van der Waals surface area contributed by atoms with Gasteiger partial charge in [0.15, 0.2) is 0 Å². The zero-order valence-electron chi connectivity index (χ0n) is 10.2. The predicted molar refractivity (Wildman–Crippen MR) is 64.1 cm³/mol. The molecule has 0 aliphatic rings. The molecule has 0 aliphatic carbocycles. The van der Waals surface area contributed by atoms with Crippen LogP contribution in [0.3, 0.4) is 0 Å². The second-order valence-electron chi connectivity index (χ2n) is 3.66. The predicted octanol–water partition coefficient (Wildman–Crippen LogP) is 3.51. The Hall–Kier alpha value is -1.53. The number of halogens is 3. The molecule has 2 rings (SSSR count). The van der Waals surface area contributed by atoms with Gasteiger partial charge in [0.2, 0.25) is 5.78 Å². The van der Waals surface area contributed by atoms with E-state index in [1.54, 1.807) is 0 Å². The summed E-state index contributed by atoms with van der Waals surface area (Å²) < 4.78 is 35.2. The number of hydrogen-bond acceptors (Lipinski definition) is 2. The van der Waals surface area contributed by atoms with Gasteiger partial charge < -0.3 is 35.1 Å². The molecule has 0 saturated carbocycles. The molecule has 0 bridgehead atoms. The zero-order chi connectivity index (χ0) is 14.3. The number of ketones is 2. The molecular formula is C14H11F3O2Os-6. The van der Waals surface area contributed by atoms with Crippen molar-refractivity contribution in [3.8, 4) is 0 Å². The smallest absolute Gasteiger partial charge is 0.450 e. The van der Waals surface area contributed by atoms with E-state index in [4.69, 9.17) is 0 Å². The Bertz CT molecular complexity index is 482. The third-order valence-corrected chi connectivity index (χ3v) is 2.18. The zero-order valence-corrected chi connectivity index (χ0v) is 12.7. The Balaban J connectivity index is 0.000000507. The van der Waals surface area contributed by atoms with E-state index >= 15 is 0 Å². The SMILES string of the molecule is O=C(CC(=O)C(F)(F)F)[c-]1cccc1.[Os].[cH-]1[cH-][cH-][cH-][cH-]1.